The molecule has 0 spiro atoms. The van der Waals surface area contributed by atoms with E-state index in [-0.39, 0.29) is 5.91 Å². The van der Waals surface area contributed by atoms with Gasteiger partial charge >= 0.3 is 5.97 Å². The largest absolute Gasteiger partial charge is 0.478 e. The Labute approximate surface area is 176 Å². The molecular formula is C23H28N4O3. The Bertz CT molecular complexity index is 923. The Hall–Kier alpha value is -2.96. The van der Waals surface area contributed by atoms with Gasteiger partial charge in [-0.3, -0.25) is 4.79 Å². The van der Waals surface area contributed by atoms with Crippen LogP contribution in [0.3, 0.4) is 0 Å². The fourth-order valence-corrected chi connectivity index (χ4v) is 4.38. The predicted molar refractivity (Wildman–Crippen MR) is 114 cm³/mol. The van der Waals surface area contributed by atoms with E-state index in [1.165, 1.54) is 6.42 Å². The second-order valence-corrected chi connectivity index (χ2v) is 8.33. The van der Waals surface area contributed by atoms with E-state index >= 15 is 0 Å². The van der Waals surface area contributed by atoms with E-state index in [4.69, 9.17) is 5.11 Å². The van der Waals surface area contributed by atoms with E-state index in [2.05, 4.69) is 14.9 Å². The smallest absolute Gasteiger partial charge is 0.335 e. The standard InChI is InChI=1S/C23H28N4O3/c1-16-20(14-24-23(25-16)26-10-3-2-4-11-26)21(28)27-12-9-18(15-27)13-17-5-7-19(8-6-17)22(29)30/h5-8,14,18H,2-4,9-13,15H2,1H3,(H,29,30). The molecule has 0 bridgehead atoms. The fraction of sp³-hybridized carbons (Fsp3) is 0.478. The molecule has 2 aromatic rings. The second-order valence-electron chi connectivity index (χ2n) is 8.33. The number of carboxylic acids is 1. The summed E-state index contributed by atoms with van der Waals surface area (Å²) in [5, 5.41) is 9.02. The van der Waals surface area contributed by atoms with Crippen LogP contribution in [0.2, 0.25) is 0 Å². The van der Waals surface area contributed by atoms with Crippen LogP contribution in [0, 0.1) is 12.8 Å². The quantitative estimate of drug-likeness (QED) is 0.818. The van der Waals surface area contributed by atoms with Crippen molar-refractivity contribution < 1.29 is 14.7 Å². The topological polar surface area (TPSA) is 86.6 Å². The van der Waals surface area contributed by atoms with Gasteiger partial charge in [-0.25, -0.2) is 14.8 Å². The zero-order chi connectivity index (χ0) is 21.1. The van der Waals surface area contributed by atoms with Crippen LogP contribution in [0.4, 0.5) is 5.95 Å². The molecule has 2 aliphatic rings. The van der Waals surface area contributed by atoms with Crippen molar-refractivity contribution in [3.63, 3.8) is 0 Å². The maximum Gasteiger partial charge on any atom is 0.335 e. The number of hydrogen-bond donors (Lipinski definition) is 1. The summed E-state index contributed by atoms with van der Waals surface area (Å²) in [6.07, 6.45) is 7.05. The number of aromatic carboxylic acids is 1. The van der Waals surface area contributed by atoms with Gasteiger partial charge in [0.05, 0.1) is 16.8 Å². The predicted octanol–water partition coefficient (Wildman–Crippen LogP) is 3.18. The number of anilines is 1. The first kappa shape index (κ1) is 20.3. The number of benzene rings is 1. The van der Waals surface area contributed by atoms with E-state index < -0.39 is 5.97 Å². The number of likely N-dealkylation sites (tertiary alicyclic amines) is 1. The van der Waals surface area contributed by atoms with Crippen molar-refractivity contribution in [1.29, 1.82) is 0 Å². The Balaban J connectivity index is 1.37. The van der Waals surface area contributed by atoms with Crippen molar-refractivity contribution >= 4 is 17.8 Å². The number of hydrogen-bond acceptors (Lipinski definition) is 5. The van der Waals surface area contributed by atoms with Crippen LogP contribution in [0.1, 0.15) is 57.7 Å². The van der Waals surface area contributed by atoms with Crippen molar-refractivity contribution in [2.75, 3.05) is 31.1 Å². The number of carbonyl (C=O) groups excluding carboxylic acids is 1. The Kier molecular flexibility index (Phi) is 5.97. The highest BCUT2D eigenvalue weighted by Crippen LogP contribution is 2.24. The molecule has 7 nitrogen and oxygen atoms in total. The average molecular weight is 409 g/mol. The molecule has 1 N–H and O–H groups in total. The van der Waals surface area contributed by atoms with Crippen LogP contribution in [0.15, 0.2) is 30.5 Å². The molecule has 0 aliphatic carbocycles. The lowest BCUT2D eigenvalue weighted by molar-refractivity contribution is 0.0696. The van der Waals surface area contributed by atoms with Gasteiger partial charge in [-0.15, -0.1) is 0 Å². The van der Waals surface area contributed by atoms with E-state index in [0.717, 1.165) is 62.5 Å². The van der Waals surface area contributed by atoms with Crippen molar-refractivity contribution in [2.24, 2.45) is 5.92 Å². The summed E-state index contributed by atoms with van der Waals surface area (Å²) in [6, 6.07) is 7.01. The second kappa shape index (κ2) is 8.81. The summed E-state index contributed by atoms with van der Waals surface area (Å²) in [5.41, 5.74) is 2.72. The first-order valence-electron chi connectivity index (χ1n) is 10.7. The lowest BCUT2D eigenvalue weighted by atomic mass is 9.98. The maximum absolute atomic E-state index is 13.0. The molecule has 7 heteroatoms. The van der Waals surface area contributed by atoms with Gasteiger partial charge in [-0.1, -0.05) is 12.1 Å². The van der Waals surface area contributed by atoms with Crippen LogP contribution in [-0.2, 0) is 6.42 Å². The normalized spacial score (nSPS) is 19.2. The van der Waals surface area contributed by atoms with Crippen molar-refractivity contribution in [3.8, 4) is 0 Å². The molecule has 2 fully saturated rings. The third kappa shape index (κ3) is 4.45. The van der Waals surface area contributed by atoms with Crippen LogP contribution in [0.25, 0.3) is 0 Å². The van der Waals surface area contributed by atoms with Gasteiger partial charge in [0.2, 0.25) is 5.95 Å². The van der Waals surface area contributed by atoms with Crippen molar-refractivity contribution in [1.82, 2.24) is 14.9 Å². The van der Waals surface area contributed by atoms with Gasteiger partial charge in [0, 0.05) is 32.4 Å². The molecule has 2 saturated heterocycles. The van der Waals surface area contributed by atoms with E-state index in [9.17, 15) is 9.59 Å². The van der Waals surface area contributed by atoms with Crippen molar-refractivity contribution in [3.05, 3.63) is 52.8 Å². The first-order valence-corrected chi connectivity index (χ1v) is 10.7. The molecule has 0 saturated carbocycles. The highest BCUT2D eigenvalue weighted by atomic mass is 16.4. The minimum atomic E-state index is -0.914. The highest BCUT2D eigenvalue weighted by molar-refractivity contribution is 5.95. The summed E-state index contributed by atoms with van der Waals surface area (Å²) in [6.45, 7) is 5.28. The molecule has 1 amide bonds. The van der Waals surface area contributed by atoms with Gasteiger partial charge in [0.15, 0.2) is 0 Å². The number of carboxylic acid groups (broad SMARTS) is 1. The SMILES string of the molecule is Cc1nc(N2CCCCC2)ncc1C(=O)N1CCC(Cc2ccc(C(=O)O)cc2)C1. The third-order valence-corrected chi connectivity index (χ3v) is 6.13. The number of piperidine rings is 1. The Morgan fingerprint density at radius 1 is 1.10 bits per heavy atom. The van der Waals surface area contributed by atoms with E-state index in [0.29, 0.717) is 23.6 Å². The fourth-order valence-electron chi connectivity index (χ4n) is 4.38. The molecule has 158 valence electrons. The van der Waals surface area contributed by atoms with Gasteiger partial charge < -0.3 is 14.9 Å². The van der Waals surface area contributed by atoms with Gasteiger partial charge in [0.25, 0.3) is 5.91 Å². The van der Waals surface area contributed by atoms with Crippen LogP contribution < -0.4 is 4.90 Å². The minimum absolute atomic E-state index is 0.00131. The molecule has 0 radical (unpaired) electrons. The first-order chi connectivity index (χ1) is 14.5. The summed E-state index contributed by atoms with van der Waals surface area (Å²) < 4.78 is 0. The summed E-state index contributed by atoms with van der Waals surface area (Å²) in [4.78, 5) is 37.2. The number of rotatable bonds is 5. The molecule has 2 aliphatic heterocycles. The van der Waals surface area contributed by atoms with E-state index in [1.807, 2.05) is 24.0 Å². The van der Waals surface area contributed by atoms with Gasteiger partial charge in [0.1, 0.15) is 0 Å². The summed E-state index contributed by atoms with van der Waals surface area (Å²) in [5.74, 6) is 0.191. The molecule has 1 aromatic heterocycles. The van der Waals surface area contributed by atoms with Crippen LogP contribution in [-0.4, -0.2) is 58.0 Å². The molecule has 1 aromatic carbocycles. The third-order valence-electron chi connectivity index (χ3n) is 6.13. The Morgan fingerprint density at radius 3 is 2.50 bits per heavy atom. The zero-order valence-corrected chi connectivity index (χ0v) is 17.4. The van der Waals surface area contributed by atoms with Crippen molar-refractivity contribution in [2.45, 2.75) is 39.0 Å². The molecular weight excluding hydrogens is 380 g/mol. The number of aromatic nitrogens is 2. The monoisotopic (exact) mass is 408 g/mol. The van der Waals surface area contributed by atoms with Crippen LogP contribution >= 0.6 is 0 Å². The van der Waals surface area contributed by atoms with E-state index in [1.54, 1.807) is 18.3 Å². The summed E-state index contributed by atoms with van der Waals surface area (Å²) in [7, 11) is 0. The molecule has 30 heavy (non-hydrogen) atoms. The Morgan fingerprint density at radius 2 is 1.83 bits per heavy atom. The molecule has 1 unspecified atom stereocenters. The number of nitrogens with zero attached hydrogens (tertiary/aromatic N) is 4. The summed E-state index contributed by atoms with van der Waals surface area (Å²) >= 11 is 0. The van der Waals surface area contributed by atoms with Crippen LogP contribution in [0.5, 0.6) is 0 Å². The number of carbonyl (C=O) groups is 2. The maximum atomic E-state index is 13.0. The lowest BCUT2D eigenvalue weighted by Gasteiger charge is -2.27. The zero-order valence-electron chi connectivity index (χ0n) is 17.4. The molecule has 3 heterocycles. The van der Waals surface area contributed by atoms with Gasteiger partial charge in [-0.2, -0.15) is 0 Å². The number of aryl methyl sites for hydroxylation is 1. The number of amides is 1. The van der Waals surface area contributed by atoms with Gasteiger partial charge in [-0.05, 0) is 62.6 Å². The average Bonchev–Trinajstić information content (AvgIpc) is 3.23. The molecule has 4 rings (SSSR count). The highest BCUT2D eigenvalue weighted by Gasteiger charge is 2.28. The minimum Gasteiger partial charge on any atom is -0.478 e. The lowest BCUT2D eigenvalue weighted by Crippen LogP contribution is -2.32. The molecule has 1 atom stereocenters.